The first kappa shape index (κ1) is 20.2. The molecule has 5 heterocycles. The maximum absolute atomic E-state index is 12.6. The Kier molecular flexibility index (Phi) is 5.49. The molecule has 10 heteroatoms. The predicted molar refractivity (Wildman–Crippen MR) is 122 cm³/mol. The summed E-state index contributed by atoms with van der Waals surface area (Å²) in [6, 6.07) is 7.37. The Balaban J connectivity index is 1.30. The number of piperidine rings is 1. The third kappa shape index (κ3) is 4.22. The van der Waals surface area contributed by atoms with E-state index in [1.165, 1.54) is 28.5 Å². The van der Waals surface area contributed by atoms with Gasteiger partial charge in [0.05, 0.1) is 17.6 Å². The summed E-state index contributed by atoms with van der Waals surface area (Å²) < 4.78 is 11.1. The Labute approximate surface area is 187 Å². The number of rotatable bonds is 4. The maximum atomic E-state index is 12.6. The van der Waals surface area contributed by atoms with E-state index in [-0.39, 0.29) is 11.4 Å². The molecule has 1 amide bonds. The van der Waals surface area contributed by atoms with Crippen LogP contribution in [0.2, 0.25) is 0 Å². The third-order valence-electron chi connectivity index (χ3n) is 5.32. The van der Waals surface area contributed by atoms with Gasteiger partial charge in [-0.15, -0.1) is 5.10 Å². The van der Waals surface area contributed by atoms with Gasteiger partial charge in [0.25, 0.3) is 5.91 Å². The number of amidine groups is 3. The number of hydrazone groups is 1. The summed E-state index contributed by atoms with van der Waals surface area (Å²) in [5, 5.41) is 16.5. The minimum atomic E-state index is -0.450. The van der Waals surface area contributed by atoms with Crippen LogP contribution in [0.3, 0.4) is 0 Å². The molecule has 0 unspecified atom stereocenters. The molecule has 1 N–H and O–H groups in total. The lowest BCUT2D eigenvalue weighted by atomic mass is 10.00. The van der Waals surface area contributed by atoms with E-state index >= 15 is 0 Å². The molecule has 3 aliphatic rings. The highest BCUT2D eigenvalue weighted by Crippen LogP contribution is 2.32. The molecule has 160 valence electrons. The van der Waals surface area contributed by atoms with Crippen molar-refractivity contribution in [3.05, 3.63) is 47.6 Å². The number of thioether (sulfide) groups is 2. The molecule has 0 saturated carbocycles. The molecular weight excluding hydrogens is 434 g/mol. The van der Waals surface area contributed by atoms with E-state index in [4.69, 9.17) is 14.2 Å². The smallest absolute Gasteiger partial charge is 0.283 e. The van der Waals surface area contributed by atoms with Crippen LogP contribution < -0.4 is 0 Å². The van der Waals surface area contributed by atoms with Crippen LogP contribution in [0, 0.1) is 11.3 Å². The van der Waals surface area contributed by atoms with E-state index in [2.05, 4.69) is 21.9 Å². The van der Waals surface area contributed by atoms with E-state index < -0.39 is 5.91 Å². The molecule has 1 fully saturated rings. The Morgan fingerprint density at radius 3 is 2.90 bits per heavy atom. The van der Waals surface area contributed by atoms with Crippen molar-refractivity contribution in [1.82, 2.24) is 9.91 Å². The lowest BCUT2D eigenvalue weighted by Gasteiger charge is -2.30. The van der Waals surface area contributed by atoms with E-state index in [0.717, 1.165) is 36.9 Å². The molecule has 0 bridgehead atoms. The standard InChI is InChI=1S/C21H21N5O3S2/c1-13-6-8-25(9-7-13)21-24-26-18(22)16(19(27)23-20(26)31-21)11-14-4-5-17(29-14)30-12-15-3-2-10-28-15/h2-5,10-11,13,22H,6-9,12H2,1H3/b16-11+,22-18?. The number of nitrogens with zero attached hydrogens (tertiary/aromatic N) is 4. The monoisotopic (exact) mass is 455 g/mol. The van der Waals surface area contributed by atoms with Crippen molar-refractivity contribution < 1.29 is 13.6 Å². The number of nitrogens with one attached hydrogen (secondary N) is 1. The molecule has 0 radical (unpaired) electrons. The molecule has 5 rings (SSSR count). The Morgan fingerprint density at radius 2 is 2.13 bits per heavy atom. The van der Waals surface area contributed by atoms with Crippen molar-refractivity contribution in [1.29, 1.82) is 5.41 Å². The highest BCUT2D eigenvalue weighted by atomic mass is 32.2. The van der Waals surface area contributed by atoms with Crippen LogP contribution in [0.15, 0.2) is 60.1 Å². The van der Waals surface area contributed by atoms with Crippen LogP contribution in [0.5, 0.6) is 0 Å². The SMILES string of the molecule is CC1CCN(C2=NN3C(=N)/C(=C\c4ccc(SCc5ccco5)o4)C(=O)N=C3S2)CC1. The number of carbonyl (C=O) groups excluding carboxylic acids is 1. The van der Waals surface area contributed by atoms with E-state index in [0.29, 0.717) is 27.7 Å². The van der Waals surface area contributed by atoms with Crippen molar-refractivity contribution >= 4 is 51.7 Å². The fourth-order valence-corrected chi connectivity index (χ4v) is 5.19. The number of furan rings is 2. The average Bonchev–Trinajstić information content (AvgIpc) is 3.51. The number of hydrogen-bond donors (Lipinski definition) is 1. The van der Waals surface area contributed by atoms with Crippen LogP contribution in [0.4, 0.5) is 0 Å². The summed E-state index contributed by atoms with van der Waals surface area (Å²) >= 11 is 2.85. The molecule has 2 aromatic heterocycles. The first-order chi connectivity index (χ1) is 15.1. The lowest BCUT2D eigenvalue weighted by Crippen LogP contribution is -2.36. The van der Waals surface area contributed by atoms with Crippen LogP contribution in [-0.2, 0) is 10.5 Å². The van der Waals surface area contributed by atoms with Crippen molar-refractivity contribution in [3.8, 4) is 0 Å². The highest BCUT2D eigenvalue weighted by molar-refractivity contribution is 8.26. The second-order valence-corrected chi connectivity index (χ2v) is 9.51. The minimum Gasteiger partial charge on any atom is -0.468 e. The maximum Gasteiger partial charge on any atom is 0.283 e. The zero-order chi connectivity index (χ0) is 21.4. The normalized spacial score (nSPS) is 21.0. The largest absolute Gasteiger partial charge is 0.468 e. The van der Waals surface area contributed by atoms with E-state index in [9.17, 15) is 4.79 Å². The van der Waals surface area contributed by atoms with Gasteiger partial charge in [0, 0.05) is 13.1 Å². The van der Waals surface area contributed by atoms with Gasteiger partial charge in [-0.2, -0.15) is 10.0 Å². The van der Waals surface area contributed by atoms with Crippen LogP contribution >= 0.6 is 23.5 Å². The molecule has 2 aromatic rings. The van der Waals surface area contributed by atoms with Gasteiger partial charge in [-0.3, -0.25) is 10.2 Å². The van der Waals surface area contributed by atoms with Crippen LogP contribution in [0.1, 0.15) is 31.3 Å². The number of likely N-dealkylation sites (tertiary alicyclic amines) is 1. The molecular formula is C21H21N5O3S2. The van der Waals surface area contributed by atoms with E-state index in [1.54, 1.807) is 18.4 Å². The molecule has 3 aliphatic heterocycles. The van der Waals surface area contributed by atoms with Gasteiger partial charge in [-0.25, -0.2) is 0 Å². The van der Waals surface area contributed by atoms with Crippen LogP contribution in [-0.4, -0.2) is 45.1 Å². The van der Waals surface area contributed by atoms with Gasteiger partial charge in [0.15, 0.2) is 16.1 Å². The molecule has 8 nitrogen and oxygen atoms in total. The van der Waals surface area contributed by atoms with Crippen molar-refractivity contribution in [3.63, 3.8) is 0 Å². The summed E-state index contributed by atoms with van der Waals surface area (Å²) in [5.41, 5.74) is 0.165. The molecule has 1 saturated heterocycles. The molecule has 0 spiro atoms. The number of hydrogen-bond acceptors (Lipinski definition) is 8. The Hall–Kier alpha value is -2.72. The number of amides is 1. The minimum absolute atomic E-state index is 0.0177. The third-order valence-corrected chi connectivity index (χ3v) is 7.23. The summed E-state index contributed by atoms with van der Waals surface area (Å²) in [6.07, 6.45) is 5.43. The summed E-state index contributed by atoms with van der Waals surface area (Å²) in [6.45, 7) is 4.13. The first-order valence-electron chi connectivity index (χ1n) is 10.1. The fraction of sp³-hybridized carbons (Fsp3) is 0.333. The average molecular weight is 456 g/mol. The van der Waals surface area contributed by atoms with Gasteiger partial charge in [-0.1, -0.05) is 18.7 Å². The second-order valence-electron chi connectivity index (χ2n) is 7.60. The van der Waals surface area contributed by atoms with Crippen molar-refractivity contribution in [2.75, 3.05) is 13.1 Å². The number of fused-ring (bicyclic) bond motifs is 1. The van der Waals surface area contributed by atoms with Gasteiger partial charge >= 0.3 is 0 Å². The second kappa shape index (κ2) is 8.43. The zero-order valence-electron chi connectivity index (χ0n) is 16.9. The summed E-state index contributed by atoms with van der Waals surface area (Å²) in [4.78, 5) is 19.0. The van der Waals surface area contributed by atoms with Crippen LogP contribution in [0.25, 0.3) is 6.08 Å². The quantitative estimate of drug-likeness (QED) is 0.536. The number of aliphatic imine (C=N–C) groups is 1. The highest BCUT2D eigenvalue weighted by Gasteiger charge is 2.37. The Bertz CT molecular complexity index is 1090. The zero-order valence-corrected chi connectivity index (χ0v) is 18.5. The molecule has 0 atom stereocenters. The van der Waals surface area contributed by atoms with Gasteiger partial charge in [0.1, 0.15) is 11.5 Å². The first-order valence-corrected chi connectivity index (χ1v) is 11.9. The predicted octanol–water partition coefficient (Wildman–Crippen LogP) is 4.47. The van der Waals surface area contributed by atoms with Gasteiger partial charge in [-0.05, 0) is 60.9 Å². The molecule has 0 aliphatic carbocycles. The molecule has 31 heavy (non-hydrogen) atoms. The summed E-state index contributed by atoms with van der Waals surface area (Å²) in [5.74, 6) is 2.28. The van der Waals surface area contributed by atoms with Crippen molar-refractivity contribution in [2.45, 2.75) is 30.6 Å². The van der Waals surface area contributed by atoms with E-state index in [1.807, 2.05) is 18.2 Å². The number of carbonyl (C=O) groups is 1. The molecule has 0 aromatic carbocycles. The lowest BCUT2D eigenvalue weighted by molar-refractivity contribution is -0.114. The summed E-state index contributed by atoms with van der Waals surface area (Å²) in [7, 11) is 0. The van der Waals surface area contributed by atoms with Gasteiger partial charge in [0.2, 0.25) is 5.17 Å². The van der Waals surface area contributed by atoms with Crippen molar-refractivity contribution in [2.24, 2.45) is 16.0 Å². The fourth-order valence-electron chi connectivity index (χ4n) is 3.48. The van der Waals surface area contributed by atoms with Gasteiger partial charge < -0.3 is 13.7 Å². The Morgan fingerprint density at radius 1 is 1.29 bits per heavy atom. The topological polar surface area (TPSA) is 98.4 Å².